The van der Waals surface area contributed by atoms with Gasteiger partial charge in [0.2, 0.25) is 12.2 Å². The summed E-state index contributed by atoms with van der Waals surface area (Å²) in [5.74, 6) is 0.919. The van der Waals surface area contributed by atoms with E-state index in [4.69, 9.17) is 30.4 Å². The molecule has 12 heteroatoms. The van der Waals surface area contributed by atoms with Crippen LogP contribution in [0.1, 0.15) is 78.6 Å². The summed E-state index contributed by atoms with van der Waals surface area (Å²) in [5, 5.41) is 0. The van der Waals surface area contributed by atoms with Gasteiger partial charge in [-0.05, 0) is 80.5 Å². The largest absolute Gasteiger partial charge is 0.449 e. The summed E-state index contributed by atoms with van der Waals surface area (Å²) in [5.41, 5.74) is 9.78. The van der Waals surface area contributed by atoms with Gasteiger partial charge in [0, 0.05) is 0 Å². The van der Waals surface area contributed by atoms with Gasteiger partial charge in [-0.3, -0.25) is 0 Å². The lowest BCUT2D eigenvalue weighted by atomic mass is 9.63. The van der Waals surface area contributed by atoms with E-state index >= 15 is 0 Å². The first-order valence-electron chi connectivity index (χ1n) is 14.2. The van der Waals surface area contributed by atoms with Gasteiger partial charge in [0.05, 0.1) is 50.2 Å². The number of ether oxygens (including phenoxy) is 4. The van der Waals surface area contributed by atoms with Crippen molar-refractivity contribution < 1.29 is 38.1 Å². The predicted molar refractivity (Wildman–Crippen MR) is 144 cm³/mol. The average molecular weight is 565 g/mol. The Labute approximate surface area is 235 Å². The highest BCUT2D eigenvalue weighted by atomic mass is 16.6. The monoisotopic (exact) mass is 564 g/mol. The molecule has 2 saturated heterocycles. The molecule has 5 aliphatic rings. The molecule has 3 aliphatic carbocycles. The zero-order valence-electron chi connectivity index (χ0n) is 23.8. The van der Waals surface area contributed by atoms with Gasteiger partial charge in [-0.15, -0.1) is 0 Å². The van der Waals surface area contributed by atoms with Gasteiger partial charge in [-0.25, -0.2) is 29.2 Å². The van der Waals surface area contributed by atoms with Gasteiger partial charge >= 0.3 is 12.2 Å². The molecule has 4 N–H and O–H groups in total. The Kier molecular flexibility index (Phi) is 11.3. The number of carbonyl (C=O) groups is 2. The molecule has 0 radical (unpaired) electrons. The molecule has 3 saturated carbocycles. The Morgan fingerprint density at radius 3 is 1.77 bits per heavy atom. The van der Waals surface area contributed by atoms with Crippen molar-refractivity contribution >= 4 is 24.3 Å². The Morgan fingerprint density at radius 1 is 0.825 bits per heavy atom. The van der Waals surface area contributed by atoms with Gasteiger partial charge in [-0.1, -0.05) is 20.8 Å². The molecule has 12 nitrogen and oxygen atoms in total. The van der Waals surface area contributed by atoms with E-state index in [0.29, 0.717) is 56.0 Å². The SMILES string of the molecule is CC1(C)CC(N=C=O)CC(C)(CN=C=O)C1.NC(=O)OCC1CCC2OC2C1.NC(=O)OCC1CCC2OC2C1. The van der Waals surface area contributed by atoms with Crippen molar-refractivity contribution in [3.63, 3.8) is 0 Å². The fourth-order valence-electron chi connectivity index (χ4n) is 6.76. The third-order valence-corrected chi connectivity index (χ3v) is 8.33. The van der Waals surface area contributed by atoms with Crippen LogP contribution in [-0.2, 0) is 28.5 Å². The number of primary amides is 2. The van der Waals surface area contributed by atoms with E-state index < -0.39 is 12.2 Å². The fraction of sp³-hybridized carbons (Fsp3) is 0.857. The van der Waals surface area contributed by atoms with Crippen LogP contribution >= 0.6 is 0 Å². The van der Waals surface area contributed by atoms with Crippen LogP contribution in [0.25, 0.3) is 0 Å². The normalized spacial score (nSPS) is 36.0. The summed E-state index contributed by atoms with van der Waals surface area (Å²) in [6, 6.07) is 0.00750. The van der Waals surface area contributed by atoms with Gasteiger partial charge < -0.3 is 30.4 Å². The molecule has 8 unspecified atom stereocenters. The first-order chi connectivity index (χ1) is 18.9. The minimum absolute atomic E-state index is 0.00750. The second kappa shape index (κ2) is 14.2. The number of nitrogens with zero attached hydrogens (tertiary/aromatic N) is 2. The highest BCUT2D eigenvalue weighted by Crippen LogP contribution is 2.47. The summed E-state index contributed by atoms with van der Waals surface area (Å²) >= 11 is 0. The van der Waals surface area contributed by atoms with Crippen LogP contribution in [0.15, 0.2) is 9.98 Å². The smallest absolute Gasteiger partial charge is 0.404 e. The molecule has 2 aliphatic heterocycles. The maximum Gasteiger partial charge on any atom is 0.404 e. The van der Waals surface area contributed by atoms with E-state index in [9.17, 15) is 19.2 Å². The summed E-state index contributed by atoms with van der Waals surface area (Å²) in [6.45, 7) is 7.78. The minimum atomic E-state index is -0.672. The number of isocyanates is 2. The van der Waals surface area contributed by atoms with Crippen LogP contribution in [-0.4, -0.2) is 74.6 Å². The molecule has 224 valence electrons. The van der Waals surface area contributed by atoms with E-state index in [1.54, 1.807) is 12.2 Å². The fourth-order valence-corrected chi connectivity index (χ4v) is 6.76. The molecule has 40 heavy (non-hydrogen) atoms. The number of amides is 2. The molecular weight excluding hydrogens is 520 g/mol. The quantitative estimate of drug-likeness (QED) is 0.267. The number of carbonyl (C=O) groups excluding carboxylic acids is 4. The topological polar surface area (TPSA) is 189 Å². The van der Waals surface area contributed by atoms with Crippen molar-refractivity contribution in [3.8, 4) is 0 Å². The van der Waals surface area contributed by atoms with E-state index in [-0.39, 0.29) is 16.9 Å². The van der Waals surface area contributed by atoms with Gasteiger partial charge in [-0.2, -0.15) is 0 Å². The van der Waals surface area contributed by atoms with Crippen LogP contribution in [0.2, 0.25) is 0 Å². The Bertz CT molecular complexity index is 937. The molecule has 0 aromatic carbocycles. The maximum absolute atomic E-state index is 10.3. The third kappa shape index (κ3) is 11.0. The van der Waals surface area contributed by atoms with Crippen molar-refractivity contribution in [2.75, 3.05) is 19.8 Å². The molecule has 5 fully saturated rings. The van der Waals surface area contributed by atoms with Crippen LogP contribution < -0.4 is 11.5 Å². The highest BCUT2D eigenvalue weighted by Gasteiger charge is 2.45. The number of rotatable bonds is 7. The Hall–Kier alpha value is -2.78. The third-order valence-electron chi connectivity index (χ3n) is 8.33. The first kappa shape index (κ1) is 31.7. The number of hydrogen-bond donors (Lipinski definition) is 2. The molecule has 2 amide bonds. The molecule has 0 aromatic rings. The van der Waals surface area contributed by atoms with Crippen LogP contribution in [0, 0.1) is 22.7 Å². The zero-order valence-corrected chi connectivity index (χ0v) is 23.8. The number of nitrogens with two attached hydrogens (primary N) is 2. The van der Waals surface area contributed by atoms with Crippen LogP contribution in [0.4, 0.5) is 9.59 Å². The van der Waals surface area contributed by atoms with Gasteiger partial charge in [0.15, 0.2) is 0 Å². The first-order valence-corrected chi connectivity index (χ1v) is 14.2. The summed E-state index contributed by atoms with van der Waals surface area (Å²) in [6.07, 6.45) is 12.9. The van der Waals surface area contributed by atoms with Crippen LogP contribution in [0.5, 0.6) is 0 Å². The van der Waals surface area contributed by atoms with Crippen molar-refractivity contribution in [2.24, 2.45) is 44.1 Å². The molecule has 0 aromatic heterocycles. The Morgan fingerprint density at radius 2 is 1.35 bits per heavy atom. The average Bonchev–Trinajstić information content (AvgIpc) is 3.79. The lowest BCUT2D eigenvalue weighted by molar-refractivity contribution is 0.0915. The van der Waals surface area contributed by atoms with E-state index in [0.717, 1.165) is 57.8 Å². The molecule has 0 spiro atoms. The van der Waals surface area contributed by atoms with Crippen molar-refractivity contribution in [1.82, 2.24) is 0 Å². The summed E-state index contributed by atoms with van der Waals surface area (Å²) in [4.78, 5) is 48.6. The minimum Gasteiger partial charge on any atom is -0.449 e. The summed E-state index contributed by atoms with van der Waals surface area (Å²) in [7, 11) is 0. The lowest BCUT2D eigenvalue weighted by Crippen LogP contribution is -2.39. The summed E-state index contributed by atoms with van der Waals surface area (Å²) < 4.78 is 20.1. The molecule has 5 rings (SSSR count). The maximum atomic E-state index is 10.3. The number of aliphatic imine (C=N–C) groups is 2. The van der Waals surface area contributed by atoms with Crippen molar-refractivity contribution in [2.45, 2.75) is 109 Å². The van der Waals surface area contributed by atoms with E-state index in [2.05, 4.69) is 30.8 Å². The van der Waals surface area contributed by atoms with E-state index in [1.165, 1.54) is 0 Å². The van der Waals surface area contributed by atoms with E-state index in [1.807, 2.05) is 0 Å². The Balaban J connectivity index is 0.000000167. The number of epoxide rings is 2. The molecule has 0 bridgehead atoms. The number of hydrogen-bond acceptors (Lipinski definition) is 10. The van der Waals surface area contributed by atoms with Crippen LogP contribution in [0.3, 0.4) is 0 Å². The highest BCUT2D eigenvalue weighted by molar-refractivity contribution is 5.64. The standard InChI is InChI=1S/C12H18N2O2.2C8H13NO3/c1-11(2)4-10(14-9-16)5-12(3,6-11)7-13-8-15;2*9-8(10)11-4-5-1-2-6-7(3-5)12-6/h10H,4-7H2,1-3H3;2*5-7H,1-4H2,(H2,9,10). The number of fused-ring (bicyclic) bond motifs is 2. The predicted octanol–water partition coefficient (Wildman–Crippen LogP) is 3.54. The molecular formula is C28H44N4O8. The van der Waals surface area contributed by atoms with Crippen molar-refractivity contribution in [3.05, 3.63) is 0 Å². The molecule has 2 heterocycles. The van der Waals surface area contributed by atoms with Gasteiger partial charge in [0.1, 0.15) is 0 Å². The molecule has 8 atom stereocenters. The van der Waals surface area contributed by atoms with Crippen molar-refractivity contribution in [1.29, 1.82) is 0 Å². The second-order valence-corrected chi connectivity index (χ2v) is 12.9. The second-order valence-electron chi connectivity index (χ2n) is 12.9. The zero-order chi connectivity index (χ0) is 29.3. The lowest BCUT2D eigenvalue weighted by Gasteiger charge is -2.44. The van der Waals surface area contributed by atoms with Gasteiger partial charge in [0.25, 0.3) is 0 Å².